The highest BCUT2D eigenvalue weighted by Gasteiger charge is 2.50. The van der Waals surface area contributed by atoms with Gasteiger partial charge >= 0.3 is 17.8 Å². The number of hydrogen-bond donors (Lipinski definition) is 1. The molecule has 0 spiro atoms. The number of para-hydroxylation sites is 2. The van der Waals surface area contributed by atoms with Crippen LogP contribution < -0.4 is 10.2 Å². The molecule has 1 aromatic carbocycles. The fourth-order valence-electron chi connectivity index (χ4n) is 4.81. The van der Waals surface area contributed by atoms with Gasteiger partial charge in [0.05, 0.1) is 11.4 Å². The molecule has 6 amide bonds. The topological polar surface area (TPSA) is 107 Å². The van der Waals surface area contributed by atoms with E-state index >= 15 is 0 Å². The number of imide groups is 2. The van der Waals surface area contributed by atoms with E-state index in [2.05, 4.69) is 5.32 Å². The fraction of sp³-hybridized carbons (Fsp3) is 0.500. The van der Waals surface area contributed by atoms with Crippen molar-refractivity contribution in [1.82, 2.24) is 9.80 Å². The largest absolute Gasteiger partial charge is 0.334 e. The molecule has 1 saturated heterocycles. The number of amides is 6. The Morgan fingerprint density at radius 3 is 2.48 bits per heavy atom. The lowest BCUT2D eigenvalue weighted by atomic mass is 9.85. The number of rotatable bonds is 3. The smallest absolute Gasteiger partial charge is 0.324 e. The molecule has 3 aliphatic rings. The fourth-order valence-corrected chi connectivity index (χ4v) is 4.81. The van der Waals surface area contributed by atoms with Gasteiger partial charge in [0.2, 0.25) is 11.8 Å². The number of fused-ring (bicyclic) bond motifs is 1. The van der Waals surface area contributed by atoms with Crippen LogP contribution in [-0.2, 0) is 19.2 Å². The van der Waals surface area contributed by atoms with E-state index < -0.39 is 36.3 Å². The molecular weight excluding hydrogens is 400 g/mol. The quantitative estimate of drug-likeness (QED) is 0.589. The number of anilines is 2. The van der Waals surface area contributed by atoms with Gasteiger partial charge < -0.3 is 10.2 Å². The molecular formula is C22H26N4O5. The van der Waals surface area contributed by atoms with Crippen molar-refractivity contribution in [3.63, 3.8) is 0 Å². The molecule has 2 aliphatic heterocycles. The molecule has 9 nitrogen and oxygen atoms in total. The third-order valence-corrected chi connectivity index (χ3v) is 6.40. The Balaban J connectivity index is 1.58. The van der Waals surface area contributed by atoms with Crippen molar-refractivity contribution in [3.05, 3.63) is 24.3 Å². The molecule has 31 heavy (non-hydrogen) atoms. The molecule has 4 rings (SSSR count). The Hall–Kier alpha value is -3.23. The van der Waals surface area contributed by atoms with Crippen LogP contribution >= 0.6 is 0 Å². The normalized spacial score (nSPS) is 26.6. The van der Waals surface area contributed by atoms with E-state index in [1.165, 1.54) is 4.90 Å². The van der Waals surface area contributed by atoms with Gasteiger partial charge in [0.15, 0.2) is 0 Å². The molecule has 2 fully saturated rings. The van der Waals surface area contributed by atoms with Gasteiger partial charge in [-0.3, -0.25) is 24.1 Å². The third kappa shape index (κ3) is 3.68. The van der Waals surface area contributed by atoms with E-state index in [4.69, 9.17) is 0 Å². The second kappa shape index (κ2) is 8.13. The second-order valence-corrected chi connectivity index (χ2v) is 8.56. The van der Waals surface area contributed by atoms with E-state index in [9.17, 15) is 24.0 Å². The first-order valence-electron chi connectivity index (χ1n) is 10.7. The summed E-state index contributed by atoms with van der Waals surface area (Å²) in [4.78, 5) is 66.8. The number of urea groups is 1. The first-order chi connectivity index (χ1) is 14.8. The minimum absolute atomic E-state index is 0.0763. The Morgan fingerprint density at radius 1 is 1.03 bits per heavy atom. The van der Waals surface area contributed by atoms with Crippen LogP contribution in [0.15, 0.2) is 24.3 Å². The van der Waals surface area contributed by atoms with Crippen LogP contribution in [0.3, 0.4) is 0 Å². The van der Waals surface area contributed by atoms with E-state index in [1.807, 2.05) is 6.92 Å². The maximum atomic E-state index is 13.2. The Bertz CT molecular complexity index is 961. The Labute approximate surface area is 180 Å². The van der Waals surface area contributed by atoms with Gasteiger partial charge in [-0.2, -0.15) is 0 Å². The highest BCUT2D eigenvalue weighted by atomic mass is 16.2. The molecule has 1 saturated carbocycles. The summed E-state index contributed by atoms with van der Waals surface area (Å²) in [5.74, 6) is -2.47. The minimum atomic E-state index is -0.971. The predicted molar refractivity (Wildman–Crippen MR) is 112 cm³/mol. The summed E-state index contributed by atoms with van der Waals surface area (Å²) in [6, 6.07) is 5.34. The molecule has 0 bridgehead atoms. The van der Waals surface area contributed by atoms with Gasteiger partial charge in [0, 0.05) is 18.5 Å². The van der Waals surface area contributed by atoms with Crippen molar-refractivity contribution >= 4 is 41.0 Å². The molecule has 1 aromatic rings. The zero-order chi connectivity index (χ0) is 22.3. The van der Waals surface area contributed by atoms with Crippen molar-refractivity contribution < 1.29 is 24.0 Å². The van der Waals surface area contributed by atoms with Gasteiger partial charge in [-0.1, -0.05) is 31.9 Å². The van der Waals surface area contributed by atoms with E-state index in [1.54, 1.807) is 31.2 Å². The van der Waals surface area contributed by atoms with Gasteiger partial charge in [-0.05, 0) is 37.8 Å². The van der Waals surface area contributed by atoms with Gasteiger partial charge in [-0.15, -0.1) is 0 Å². The molecule has 0 aromatic heterocycles. The van der Waals surface area contributed by atoms with E-state index in [0.29, 0.717) is 17.8 Å². The van der Waals surface area contributed by atoms with Crippen LogP contribution in [0, 0.1) is 5.92 Å². The summed E-state index contributed by atoms with van der Waals surface area (Å²) in [6.45, 7) is 3.16. The standard InChI is InChI=1S/C22H26N4O5/c1-13-7-3-5-9-16(13)26-21(30)20(29)24(22(26)31)12-19(28)25-14(2)11-18(27)23-15-8-4-6-10-17(15)25/h4,6,8,10,13-14,16H,3,5,7,9,11-12H2,1-2H3,(H,23,27)/t13-,14-,16-/m1/s1. The van der Waals surface area contributed by atoms with Crippen molar-refractivity contribution in [2.75, 3.05) is 16.8 Å². The van der Waals surface area contributed by atoms with E-state index in [0.717, 1.165) is 29.1 Å². The summed E-state index contributed by atoms with van der Waals surface area (Å²) >= 11 is 0. The summed E-state index contributed by atoms with van der Waals surface area (Å²) < 4.78 is 0. The number of nitrogens with zero attached hydrogens (tertiary/aromatic N) is 3. The van der Waals surface area contributed by atoms with Crippen molar-refractivity contribution in [3.8, 4) is 0 Å². The SMILES string of the molecule is C[C@@H]1CCCC[C@H]1N1C(=O)C(=O)N(CC(=O)N2c3ccccc3NC(=O)C[C@H]2C)C1=O. The molecule has 164 valence electrons. The highest BCUT2D eigenvalue weighted by Crippen LogP contribution is 2.33. The van der Waals surface area contributed by atoms with Crippen molar-refractivity contribution in [2.45, 2.75) is 58.0 Å². The monoisotopic (exact) mass is 426 g/mol. The Kier molecular flexibility index (Phi) is 5.51. The average Bonchev–Trinajstić information content (AvgIpc) is 2.85. The number of nitrogens with one attached hydrogen (secondary N) is 1. The van der Waals surface area contributed by atoms with Crippen LogP contribution in [-0.4, -0.2) is 58.1 Å². The summed E-state index contributed by atoms with van der Waals surface area (Å²) in [5, 5.41) is 2.77. The molecule has 9 heteroatoms. The lowest BCUT2D eigenvalue weighted by Gasteiger charge is -2.34. The molecule has 0 radical (unpaired) electrons. The van der Waals surface area contributed by atoms with E-state index in [-0.39, 0.29) is 24.3 Å². The van der Waals surface area contributed by atoms with Crippen molar-refractivity contribution in [2.24, 2.45) is 5.92 Å². The highest BCUT2D eigenvalue weighted by molar-refractivity contribution is 6.45. The first-order valence-corrected chi connectivity index (χ1v) is 10.7. The molecule has 1 aliphatic carbocycles. The number of carbonyl (C=O) groups excluding carboxylic acids is 5. The average molecular weight is 426 g/mol. The zero-order valence-electron chi connectivity index (χ0n) is 17.7. The van der Waals surface area contributed by atoms with Crippen LogP contribution in [0.5, 0.6) is 0 Å². The summed E-state index contributed by atoms with van der Waals surface area (Å²) in [6.07, 6.45) is 3.55. The van der Waals surface area contributed by atoms with Crippen LogP contribution in [0.4, 0.5) is 16.2 Å². The lowest BCUT2D eigenvalue weighted by molar-refractivity contribution is -0.145. The maximum absolute atomic E-state index is 13.2. The van der Waals surface area contributed by atoms with Crippen LogP contribution in [0.25, 0.3) is 0 Å². The van der Waals surface area contributed by atoms with Crippen LogP contribution in [0.1, 0.15) is 46.0 Å². The lowest BCUT2D eigenvalue weighted by Crippen LogP contribution is -2.48. The molecule has 0 unspecified atom stereocenters. The predicted octanol–water partition coefficient (Wildman–Crippen LogP) is 2.12. The third-order valence-electron chi connectivity index (χ3n) is 6.40. The van der Waals surface area contributed by atoms with Gasteiger partial charge in [0.25, 0.3) is 0 Å². The number of benzene rings is 1. The zero-order valence-corrected chi connectivity index (χ0v) is 17.7. The van der Waals surface area contributed by atoms with Crippen LogP contribution in [0.2, 0.25) is 0 Å². The second-order valence-electron chi connectivity index (χ2n) is 8.56. The number of carbonyl (C=O) groups is 5. The molecule has 3 atom stereocenters. The molecule has 2 heterocycles. The minimum Gasteiger partial charge on any atom is -0.324 e. The Morgan fingerprint density at radius 2 is 1.74 bits per heavy atom. The maximum Gasteiger partial charge on any atom is 0.334 e. The van der Waals surface area contributed by atoms with Crippen molar-refractivity contribution in [1.29, 1.82) is 0 Å². The molecule has 1 N–H and O–H groups in total. The summed E-state index contributed by atoms with van der Waals surface area (Å²) in [5.41, 5.74) is 0.979. The van der Waals surface area contributed by atoms with Gasteiger partial charge in [-0.25, -0.2) is 9.69 Å². The summed E-state index contributed by atoms with van der Waals surface area (Å²) in [7, 11) is 0. The first kappa shape index (κ1) is 21.0. The number of hydrogen-bond acceptors (Lipinski definition) is 5. The van der Waals surface area contributed by atoms with Gasteiger partial charge in [0.1, 0.15) is 6.54 Å².